The first kappa shape index (κ1) is 11.0. The number of alkyl halides is 1. The van der Waals surface area contributed by atoms with Crippen LogP contribution >= 0.6 is 0 Å². The maximum atomic E-state index is 13.3. The maximum absolute atomic E-state index is 13.3. The molecule has 78 valence electrons. The third-order valence-electron chi connectivity index (χ3n) is 2.16. The van der Waals surface area contributed by atoms with Gasteiger partial charge in [0.05, 0.1) is 7.11 Å². The zero-order valence-corrected chi connectivity index (χ0v) is 8.46. The summed E-state index contributed by atoms with van der Waals surface area (Å²) in [5, 5.41) is 8.83. The second-order valence-electron chi connectivity index (χ2n) is 3.12. The van der Waals surface area contributed by atoms with Crippen LogP contribution in [0, 0.1) is 0 Å². The van der Waals surface area contributed by atoms with Crippen molar-refractivity contribution in [2.45, 2.75) is 19.5 Å². The van der Waals surface area contributed by atoms with Gasteiger partial charge in [-0.05, 0) is 25.0 Å². The third-order valence-corrected chi connectivity index (χ3v) is 2.16. The standard InChI is InChI=1S/C11H15FO2/c1-8(12)11-9(6-7-13)4-3-5-10(11)14-2/h3-5,8,13H,6-7H2,1-2H3. The summed E-state index contributed by atoms with van der Waals surface area (Å²) in [4.78, 5) is 0. The number of ether oxygens (including phenoxy) is 1. The van der Waals surface area contributed by atoms with Gasteiger partial charge >= 0.3 is 0 Å². The number of hydrogen-bond donors (Lipinski definition) is 1. The largest absolute Gasteiger partial charge is 0.496 e. The van der Waals surface area contributed by atoms with Crippen LogP contribution in [-0.2, 0) is 6.42 Å². The number of methoxy groups -OCH3 is 1. The summed E-state index contributed by atoms with van der Waals surface area (Å²) in [5.74, 6) is 0.547. The fourth-order valence-electron chi connectivity index (χ4n) is 1.56. The smallest absolute Gasteiger partial charge is 0.126 e. The van der Waals surface area contributed by atoms with Gasteiger partial charge in [0, 0.05) is 12.2 Å². The van der Waals surface area contributed by atoms with E-state index in [0.29, 0.717) is 17.7 Å². The Bertz CT molecular complexity index is 297. The Morgan fingerprint density at radius 2 is 2.21 bits per heavy atom. The average molecular weight is 198 g/mol. The summed E-state index contributed by atoms with van der Waals surface area (Å²) in [5.41, 5.74) is 1.35. The minimum atomic E-state index is -1.08. The molecule has 0 aliphatic rings. The molecule has 1 aromatic rings. The van der Waals surface area contributed by atoms with Crippen LogP contribution in [0.2, 0.25) is 0 Å². The van der Waals surface area contributed by atoms with Crippen molar-refractivity contribution in [3.8, 4) is 5.75 Å². The molecule has 0 fully saturated rings. The van der Waals surface area contributed by atoms with Crippen molar-refractivity contribution in [1.82, 2.24) is 0 Å². The van der Waals surface area contributed by atoms with Crippen molar-refractivity contribution in [3.63, 3.8) is 0 Å². The molecule has 0 aliphatic heterocycles. The van der Waals surface area contributed by atoms with Gasteiger partial charge in [-0.2, -0.15) is 0 Å². The van der Waals surface area contributed by atoms with Gasteiger partial charge in [-0.3, -0.25) is 0 Å². The van der Waals surface area contributed by atoms with Crippen LogP contribution in [-0.4, -0.2) is 18.8 Å². The fraction of sp³-hybridized carbons (Fsp3) is 0.455. The zero-order valence-electron chi connectivity index (χ0n) is 8.46. The molecule has 0 bridgehead atoms. The molecule has 0 amide bonds. The predicted molar refractivity (Wildman–Crippen MR) is 53.3 cm³/mol. The Labute approximate surface area is 83.3 Å². The Morgan fingerprint density at radius 1 is 1.50 bits per heavy atom. The van der Waals surface area contributed by atoms with E-state index in [1.165, 1.54) is 14.0 Å². The van der Waals surface area contributed by atoms with E-state index in [1.807, 2.05) is 6.07 Å². The molecule has 1 atom stereocenters. The lowest BCUT2D eigenvalue weighted by Gasteiger charge is -2.13. The number of benzene rings is 1. The van der Waals surface area contributed by atoms with Crippen molar-refractivity contribution in [2.75, 3.05) is 13.7 Å². The molecule has 14 heavy (non-hydrogen) atoms. The summed E-state index contributed by atoms with van der Waals surface area (Å²) < 4.78 is 18.4. The lowest BCUT2D eigenvalue weighted by molar-refractivity contribution is 0.295. The first-order valence-corrected chi connectivity index (χ1v) is 4.61. The lowest BCUT2D eigenvalue weighted by Crippen LogP contribution is -2.01. The average Bonchev–Trinajstić information content (AvgIpc) is 2.17. The van der Waals surface area contributed by atoms with Crippen LogP contribution in [0.25, 0.3) is 0 Å². The van der Waals surface area contributed by atoms with Crippen LogP contribution in [0.1, 0.15) is 24.2 Å². The Kier molecular flexibility index (Phi) is 3.89. The van der Waals surface area contributed by atoms with E-state index >= 15 is 0 Å². The summed E-state index contributed by atoms with van der Waals surface area (Å²) in [6.45, 7) is 1.49. The van der Waals surface area contributed by atoms with Gasteiger partial charge in [-0.15, -0.1) is 0 Å². The monoisotopic (exact) mass is 198 g/mol. The first-order chi connectivity index (χ1) is 6.70. The Balaban J connectivity index is 3.14. The summed E-state index contributed by atoms with van der Waals surface area (Å²) >= 11 is 0. The van der Waals surface area contributed by atoms with E-state index in [4.69, 9.17) is 9.84 Å². The molecule has 0 saturated heterocycles. The summed E-state index contributed by atoms with van der Waals surface area (Å²) in [6.07, 6.45) is -0.617. The Hall–Kier alpha value is -1.09. The molecule has 1 rings (SSSR count). The number of aliphatic hydroxyl groups is 1. The lowest BCUT2D eigenvalue weighted by atomic mass is 10.0. The molecule has 0 saturated carbocycles. The normalized spacial score (nSPS) is 12.6. The summed E-state index contributed by atoms with van der Waals surface area (Å²) in [7, 11) is 1.52. The fourth-order valence-corrected chi connectivity index (χ4v) is 1.56. The SMILES string of the molecule is COc1cccc(CCO)c1C(C)F. The van der Waals surface area contributed by atoms with Crippen molar-refractivity contribution in [2.24, 2.45) is 0 Å². The van der Waals surface area contributed by atoms with Crippen LogP contribution in [0.4, 0.5) is 4.39 Å². The molecule has 1 aromatic carbocycles. The number of aliphatic hydroxyl groups excluding tert-OH is 1. The molecule has 0 aromatic heterocycles. The molecule has 1 N–H and O–H groups in total. The van der Waals surface area contributed by atoms with Gasteiger partial charge < -0.3 is 9.84 Å². The van der Waals surface area contributed by atoms with Crippen LogP contribution < -0.4 is 4.74 Å². The second-order valence-corrected chi connectivity index (χ2v) is 3.12. The van der Waals surface area contributed by atoms with Crippen molar-refractivity contribution >= 4 is 0 Å². The highest BCUT2D eigenvalue weighted by atomic mass is 19.1. The molecule has 0 aliphatic carbocycles. The van der Waals surface area contributed by atoms with E-state index in [2.05, 4.69) is 0 Å². The van der Waals surface area contributed by atoms with E-state index < -0.39 is 6.17 Å². The molecule has 2 nitrogen and oxygen atoms in total. The quantitative estimate of drug-likeness (QED) is 0.804. The molecular weight excluding hydrogens is 183 g/mol. The van der Waals surface area contributed by atoms with E-state index in [1.54, 1.807) is 12.1 Å². The highest BCUT2D eigenvalue weighted by Gasteiger charge is 2.14. The third kappa shape index (κ3) is 2.23. The zero-order chi connectivity index (χ0) is 10.6. The van der Waals surface area contributed by atoms with E-state index in [9.17, 15) is 4.39 Å². The van der Waals surface area contributed by atoms with Crippen molar-refractivity contribution < 1.29 is 14.2 Å². The van der Waals surface area contributed by atoms with Gasteiger partial charge in [-0.25, -0.2) is 4.39 Å². The molecule has 0 spiro atoms. The first-order valence-electron chi connectivity index (χ1n) is 4.61. The van der Waals surface area contributed by atoms with Crippen molar-refractivity contribution in [1.29, 1.82) is 0 Å². The minimum Gasteiger partial charge on any atom is -0.496 e. The summed E-state index contributed by atoms with van der Waals surface area (Å²) in [6, 6.07) is 5.34. The topological polar surface area (TPSA) is 29.5 Å². The molecule has 0 radical (unpaired) electrons. The Morgan fingerprint density at radius 3 is 2.71 bits per heavy atom. The van der Waals surface area contributed by atoms with Gasteiger partial charge in [0.25, 0.3) is 0 Å². The highest BCUT2D eigenvalue weighted by Crippen LogP contribution is 2.30. The van der Waals surface area contributed by atoms with Gasteiger partial charge in [0.1, 0.15) is 11.9 Å². The van der Waals surface area contributed by atoms with E-state index in [0.717, 1.165) is 5.56 Å². The van der Waals surface area contributed by atoms with Gasteiger partial charge in [0.15, 0.2) is 0 Å². The van der Waals surface area contributed by atoms with Crippen LogP contribution in [0.5, 0.6) is 5.75 Å². The van der Waals surface area contributed by atoms with Gasteiger partial charge in [0.2, 0.25) is 0 Å². The molecular formula is C11H15FO2. The number of halogens is 1. The van der Waals surface area contributed by atoms with Crippen LogP contribution in [0.15, 0.2) is 18.2 Å². The van der Waals surface area contributed by atoms with E-state index in [-0.39, 0.29) is 6.61 Å². The molecule has 0 heterocycles. The molecule has 3 heteroatoms. The highest BCUT2D eigenvalue weighted by molar-refractivity contribution is 5.41. The minimum absolute atomic E-state index is 0.0207. The van der Waals surface area contributed by atoms with Gasteiger partial charge in [-0.1, -0.05) is 12.1 Å². The number of rotatable bonds is 4. The second kappa shape index (κ2) is 4.96. The van der Waals surface area contributed by atoms with Crippen molar-refractivity contribution in [3.05, 3.63) is 29.3 Å². The van der Waals surface area contributed by atoms with Crippen LogP contribution in [0.3, 0.4) is 0 Å². The maximum Gasteiger partial charge on any atom is 0.126 e. The number of hydrogen-bond acceptors (Lipinski definition) is 2. The molecule has 1 unspecified atom stereocenters. The predicted octanol–water partition coefficient (Wildman–Crippen LogP) is 2.26.